The molecule has 2 aliphatic rings. The molecular formula is C30H31FN10O3. The number of ether oxygens (including phenoxy) is 1. The second-order valence-electron chi connectivity index (χ2n) is 11.2. The summed E-state index contributed by atoms with van der Waals surface area (Å²) < 4.78 is 25.2. The van der Waals surface area contributed by atoms with Crippen molar-refractivity contribution in [2.24, 2.45) is 0 Å². The van der Waals surface area contributed by atoms with E-state index in [2.05, 4.69) is 32.9 Å². The molecule has 0 radical (unpaired) electrons. The first-order valence-electron chi connectivity index (χ1n) is 14.4. The summed E-state index contributed by atoms with van der Waals surface area (Å²) >= 11 is 0. The van der Waals surface area contributed by atoms with Gasteiger partial charge < -0.3 is 14.5 Å². The van der Waals surface area contributed by atoms with Gasteiger partial charge in [-0.2, -0.15) is 10.2 Å². The molecule has 2 bridgehead atoms. The van der Waals surface area contributed by atoms with Gasteiger partial charge >= 0.3 is 5.69 Å². The maximum Gasteiger partial charge on any atom is 0.356 e. The van der Waals surface area contributed by atoms with E-state index in [1.54, 1.807) is 21.8 Å². The van der Waals surface area contributed by atoms with Gasteiger partial charge in [0.05, 0.1) is 42.4 Å². The highest BCUT2D eigenvalue weighted by atomic mass is 19.1. The van der Waals surface area contributed by atoms with Gasteiger partial charge in [0.2, 0.25) is 5.91 Å². The highest BCUT2D eigenvalue weighted by Gasteiger charge is 2.36. The molecule has 13 nitrogen and oxygen atoms in total. The smallest absolute Gasteiger partial charge is 0.356 e. The van der Waals surface area contributed by atoms with Crippen LogP contribution in [0.5, 0.6) is 5.75 Å². The molecule has 0 spiro atoms. The lowest BCUT2D eigenvalue weighted by Crippen LogP contribution is -2.59. The number of nitrogens with zero attached hydrogens (tertiary/aromatic N) is 10. The van der Waals surface area contributed by atoms with Crippen LogP contribution in [0.4, 0.5) is 10.2 Å². The minimum Gasteiger partial charge on any atom is -0.491 e. The molecule has 1 saturated heterocycles. The Kier molecular flexibility index (Phi) is 7.54. The molecule has 44 heavy (non-hydrogen) atoms. The molecular weight excluding hydrogens is 567 g/mol. The topological polar surface area (TPSA) is 148 Å². The summed E-state index contributed by atoms with van der Waals surface area (Å²) in [6, 6.07) is 4.32. The van der Waals surface area contributed by atoms with E-state index in [1.165, 1.54) is 22.9 Å². The Balaban J connectivity index is 1.65. The first kappa shape index (κ1) is 28.9. The average Bonchev–Trinajstić information content (AvgIpc) is 3.47. The molecule has 0 saturated carbocycles. The molecule has 0 N–H and O–H groups in total. The normalized spacial score (nSPS) is 18.2. The predicted octanol–water partition coefficient (Wildman–Crippen LogP) is 2.98. The fraction of sp³-hybridized carbons (Fsp3) is 0.400. The molecule has 2 aliphatic heterocycles. The Morgan fingerprint density at radius 3 is 2.89 bits per heavy atom. The third-order valence-corrected chi connectivity index (χ3v) is 8.02. The van der Waals surface area contributed by atoms with Gasteiger partial charge in [-0.15, -0.1) is 5.10 Å². The van der Waals surface area contributed by atoms with E-state index in [-0.39, 0.29) is 59.9 Å². The summed E-state index contributed by atoms with van der Waals surface area (Å²) in [6.07, 6.45) is 4.88. The summed E-state index contributed by atoms with van der Waals surface area (Å²) in [5.41, 5.74) is 0.828. The summed E-state index contributed by atoms with van der Waals surface area (Å²) in [7, 11) is 0. The number of hydrogen-bond acceptors (Lipinski definition) is 10. The fourth-order valence-corrected chi connectivity index (χ4v) is 5.92. The van der Waals surface area contributed by atoms with Crippen molar-refractivity contribution < 1.29 is 13.9 Å². The minimum atomic E-state index is -0.658. The van der Waals surface area contributed by atoms with Crippen molar-refractivity contribution in [1.29, 1.82) is 5.26 Å². The number of carbonyl (C=O) groups is 1. The second kappa shape index (κ2) is 11.5. The zero-order valence-corrected chi connectivity index (χ0v) is 24.6. The highest BCUT2D eigenvalue weighted by molar-refractivity contribution is 5.91. The van der Waals surface area contributed by atoms with Crippen LogP contribution in [-0.2, 0) is 11.3 Å². The van der Waals surface area contributed by atoms with Crippen LogP contribution in [0, 0.1) is 17.1 Å². The van der Waals surface area contributed by atoms with Gasteiger partial charge in [0, 0.05) is 44.4 Å². The van der Waals surface area contributed by atoms with Gasteiger partial charge in [-0.25, -0.2) is 23.4 Å². The summed E-state index contributed by atoms with van der Waals surface area (Å²) in [6.45, 7) is 10.5. The van der Waals surface area contributed by atoms with Crippen molar-refractivity contribution in [2.45, 2.75) is 58.2 Å². The van der Waals surface area contributed by atoms with Crippen LogP contribution in [0.3, 0.4) is 0 Å². The van der Waals surface area contributed by atoms with Crippen molar-refractivity contribution in [3.8, 4) is 28.9 Å². The van der Waals surface area contributed by atoms with Gasteiger partial charge in [-0.3, -0.25) is 9.78 Å². The molecule has 226 valence electrons. The minimum absolute atomic E-state index is 0.0115. The number of rotatable bonds is 4. The monoisotopic (exact) mass is 598 g/mol. The number of aryl methyl sites for hydroxylation is 1. The van der Waals surface area contributed by atoms with Gasteiger partial charge in [0.15, 0.2) is 11.5 Å². The van der Waals surface area contributed by atoms with E-state index in [0.29, 0.717) is 42.4 Å². The zero-order valence-electron chi connectivity index (χ0n) is 24.6. The molecule has 6 heterocycles. The summed E-state index contributed by atoms with van der Waals surface area (Å²) in [4.78, 5) is 44.1. The largest absolute Gasteiger partial charge is 0.491 e. The molecule has 2 atom stereocenters. The number of hydrogen-bond donors (Lipinski definition) is 0. The van der Waals surface area contributed by atoms with Crippen molar-refractivity contribution in [3.05, 3.63) is 59.2 Å². The van der Waals surface area contributed by atoms with Crippen LogP contribution in [0.15, 0.2) is 42.0 Å². The van der Waals surface area contributed by atoms with Crippen LogP contribution in [0.1, 0.15) is 45.2 Å². The Hall–Kier alpha value is -5.19. The third-order valence-electron chi connectivity index (χ3n) is 8.02. The Bertz CT molecular complexity index is 1880. The van der Waals surface area contributed by atoms with E-state index in [4.69, 9.17) is 9.72 Å². The van der Waals surface area contributed by atoms with Crippen LogP contribution < -0.4 is 15.3 Å². The van der Waals surface area contributed by atoms with Crippen LogP contribution >= 0.6 is 0 Å². The van der Waals surface area contributed by atoms with Crippen LogP contribution in [-0.4, -0.2) is 77.1 Å². The zero-order chi connectivity index (χ0) is 31.1. The number of fused-ring (bicyclic) bond motifs is 5. The maximum absolute atomic E-state index is 16.1. The first-order chi connectivity index (χ1) is 21.2. The standard InChI is InChI=1S/C30H31FN10O3/c1-5-24(42)39-15-18(4)38(16-19(39)7-9-32)28-20-13-21(31)26-22-14-34-37-40(22)11-6-12-44-23-8-10-33-25(17(2)3)27(23)41(29(20)35-26)30(43)36-28/h5,8,10,13-14,17-19H,1,6-7,11-12,15-16H2,2-4H3. The van der Waals surface area contributed by atoms with Crippen LogP contribution in [0.25, 0.3) is 28.1 Å². The summed E-state index contributed by atoms with van der Waals surface area (Å²) in [5, 5.41) is 17.9. The van der Waals surface area contributed by atoms with Crippen molar-refractivity contribution >= 4 is 22.8 Å². The molecule has 0 aliphatic carbocycles. The molecule has 6 rings (SSSR count). The fourth-order valence-electron chi connectivity index (χ4n) is 5.92. The predicted molar refractivity (Wildman–Crippen MR) is 159 cm³/mol. The van der Waals surface area contributed by atoms with E-state index >= 15 is 4.39 Å². The molecule has 0 aromatic carbocycles. The Morgan fingerprint density at radius 2 is 2.14 bits per heavy atom. The van der Waals surface area contributed by atoms with Gasteiger partial charge in [0.25, 0.3) is 0 Å². The number of pyridine rings is 2. The van der Waals surface area contributed by atoms with Crippen molar-refractivity contribution in [2.75, 3.05) is 24.6 Å². The summed E-state index contributed by atoms with van der Waals surface area (Å²) in [5.74, 6) is -0.403. The molecule has 1 fully saturated rings. The highest BCUT2D eigenvalue weighted by Crippen LogP contribution is 2.36. The third kappa shape index (κ3) is 4.83. The van der Waals surface area contributed by atoms with Crippen molar-refractivity contribution in [1.82, 2.24) is 39.4 Å². The number of halogens is 1. The van der Waals surface area contributed by atoms with Gasteiger partial charge in [0.1, 0.15) is 28.6 Å². The van der Waals surface area contributed by atoms with E-state index in [1.807, 2.05) is 25.7 Å². The second-order valence-corrected chi connectivity index (χ2v) is 11.2. The molecule has 4 aromatic rings. The molecule has 2 unspecified atom stereocenters. The van der Waals surface area contributed by atoms with E-state index in [9.17, 15) is 14.9 Å². The quantitative estimate of drug-likeness (QED) is 0.321. The van der Waals surface area contributed by atoms with Crippen LogP contribution in [0.2, 0.25) is 0 Å². The lowest BCUT2D eigenvalue weighted by Gasteiger charge is -2.45. The number of nitriles is 1. The number of anilines is 1. The average molecular weight is 599 g/mol. The molecule has 14 heteroatoms. The van der Waals surface area contributed by atoms with E-state index in [0.717, 1.165) is 0 Å². The van der Waals surface area contributed by atoms with Gasteiger partial charge in [-0.05, 0) is 25.0 Å². The Labute approximate surface area is 252 Å². The SMILES string of the molecule is C=CC(=O)N1CC(C)N(c2nc(=O)n3c4nc(c(F)cc24)-c2cnnn2CCCOc2ccnc(C(C)C)c2-3)CC1CC#N. The number of carbonyl (C=O) groups excluding carboxylic acids is 1. The molecule has 4 aromatic heterocycles. The Morgan fingerprint density at radius 1 is 1.32 bits per heavy atom. The lowest BCUT2D eigenvalue weighted by atomic mass is 10.0. The van der Waals surface area contributed by atoms with E-state index < -0.39 is 17.5 Å². The first-order valence-corrected chi connectivity index (χ1v) is 14.4. The maximum atomic E-state index is 16.1. The lowest BCUT2D eigenvalue weighted by molar-refractivity contribution is -0.129. The van der Waals surface area contributed by atoms with Gasteiger partial charge in [-0.1, -0.05) is 25.6 Å². The number of aromatic nitrogens is 7. The molecule has 1 amide bonds. The number of piperazine rings is 1. The van der Waals surface area contributed by atoms with Crippen molar-refractivity contribution in [3.63, 3.8) is 0 Å². The number of amides is 1.